The molecule has 5 rings (SSSR count). The number of aryl methyl sites for hydroxylation is 2. The maximum absolute atomic E-state index is 12.3. The second-order valence-corrected chi connectivity index (χ2v) is 15.6. The van der Waals surface area contributed by atoms with Gasteiger partial charge < -0.3 is 14.2 Å². The standard InChI is InChI=1S/C28H36N2O.C24H32O3/c1-4-6-7-8-9-23-10-12-25(13-11-23)28-29-20-26(21-30-28)24-14-16-27(17-15-24)31-19-18-22(3)5-2;1-4-6-18-26-22-14-16-23(17-15-22)27-24(25)21-12-10-20(11-13-21)9-7-8-19(3)5-2/h10-17,20-22H,4-9,18-19H2,1-3H3;10-17,19H,4-9,18H2,1-3H3. The summed E-state index contributed by atoms with van der Waals surface area (Å²) < 4.78 is 16.9. The van der Waals surface area contributed by atoms with Crippen molar-refractivity contribution in [1.82, 2.24) is 9.97 Å². The maximum atomic E-state index is 12.3. The third kappa shape index (κ3) is 16.5. The van der Waals surface area contributed by atoms with Crippen LogP contribution in [0.2, 0.25) is 0 Å². The van der Waals surface area contributed by atoms with Gasteiger partial charge in [-0.15, -0.1) is 0 Å². The summed E-state index contributed by atoms with van der Waals surface area (Å²) in [6, 6.07) is 31.8. The van der Waals surface area contributed by atoms with Crippen LogP contribution in [0.15, 0.2) is 109 Å². The van der Waals surface area contributed by atoms with Crippen molar-refractivity contribution in [1.29, 1.82) is 0 Å². The number of esters is 1. The summed E-state index contributed by atoms with van der Waals surface area (Å²) >= 11 is 0. The second-order valence-electron chi connectivity index (χ2n) is 15.6. The molecule has 6 nitrogen and oxygen atoms in total. The topological polar surface area (TPSA) is 70.5 Å². The number of carbonyl (C=O) groups excluding carboxylic acids is 1. The third-order valence-corrected chi connectivity index (χ3v) is 10.8. The van der Waals surface area contributed by atoms with Crippen molar-refractivity contribution in [3.63, 3.8) is 0 Å². The van der Waals surface area contributed by atoms with Crippen LogP contribution in [0.5, 0.6) is 17.2 Å². The highest BCUT2D eigenvalue weighted by molar-refractivity contribution is 5.91. The third-order valence-electron chi connectivity index (χ3n) is 10.8. The Morgan fingerprint density at radius 2 is 1.03 bits per heavy atom. The Hall–Kier alpha value is -4.97. The highest BCUT2D eigenvalue weighted by Crippen LogP contribution is 2.25. The summed E-state index contributed by atoms with van der Waals surface area (Å²) in [5.74, 6) is 4.16. The van der Waals surface area contributed by atoms with Crippen molar-refractivity contribution in [3.8, 4) is 39.8 Å². The predicted octanol–water partition coefficient (Wildman–Crippen LogP) is 14.2. The van der Waals surface area contributed by atoms with Crippen LogP contribution in [0.4, 0.5) is 0 Å². The lowest BCUT2D eigenvalue weighted by molar-refractivity contribution is 0.0734. The van der Waals surface area contributed by atoms with E-state index >= 15 is 0 Å². The van der Waals surface area contributed by atoms with Gasteiger partial charge in [-0.3, -0.25) is 0 Å². The van der Waals surface area contributed by atoms with Crippen LogP contribution in [0, 0.1) is 11.8 Å². The molecule has 1 aromatic heterocycles. The molecular formula is C52H68N2O4. The van der Waals surface area contributed by atoms with E-state index in [0.29, 0.717) is 23.8 Å². The van der Waals surface area contributed by atoms with Gasteiger partial charge in [0.05, 0.1) is 18.8 Å². The lowest BCUT2D eigenvalue weighted by Crippen LogP contribution is -2.08. The first-order valence-corrected chi connectivity index (χ1v) is 22.0. The Morgan fingerprint density at radius 3 is 1.64 bits per heavy atom. The number of nitrogens with zero attached hydrogens (tertiary/aromatic N) is 2. The highest BCUT2D eigenvalue weighted by atomic mass is 16.5. The van der Waals surface area contributed by atoms with Crippen molar-refractivity contribution in [2.45, 2.75) is 125 Å². The normalized spacial score (nSPS) is 11.9. The lowest BCUT2D eigenvalue weighted by Gasteiger charge is -2.10. The summed E-state index contributed by atoms with van der Waals surface area (Å²) in [5.41, 5.74) is 6.41. The molecule has 6 heteroatoms. The van der Waals surface area contributed by atoms with E-state index in [9.17, 15) is 4.79 Å². The fourth-order valence-corrected chi connectivity index (χ4v) is 6.30. The number of hydrogen-bond acceptors (Lipinski definition) is 6. The van der Waals surface area contributed by atoms with Crippen LogP contribution in [0.3, 0.4) is 0 Å². The number of rotatable bonds is 23. The molecule has 0 amide bonds. The summed E-state index contributed by atoms with van der Waals surface area (Å²) in [5, 5.41) is 0. The first kappa shape index (κ1) is 45.7. The molecule has 58 heavy (non-hydrogen) atoms. The average molecular weight is 785 g/mol. The van der Waals surface area contributed by atoms with E-state index in [1.54, 1.807) is 12.1 Å². The molecule has 1 heterocycles. The molecule has 310 valence electrons. The number of benzene rings is 4. The van der Waals surface area contributed by atoms with Crippen LogP contribution in [0.25, 0.3) is 22.5 Å². The molecule has 0 fully saturated rings. The van der Waals surface area contributed by atoms with Crippen LogP contribution in [-0.4, -0.2) is 29.2 Å². The van der Waals surface area contributed by atoms with E-state index in [-0.39, 0.29) is 5.97 Å². The molecule has 0 saturated carbocycles. The largest absolute Gasteiger partial charge is 0.494 e. The Bertz CT molecular complexity index is 1840. The molecule has 2 unspecified atom stereocenters. The molecule has 5 aromatic rings. The Balaban J connectivity index is 0.000000259. The molecule has 0 aliphatic carbocycles. The number of aromatic nitrogens is 2. The zero-order valence-electron chi connectivity index (χ0n) is 36.2. The van der Waals surface area contributed by atoms with Gasteiger partial charge >= 0.3 is 5.97 Å². The zero-order chi connectivity index (χ0) is 41.4. The molecule has 0 aliphatic heterocycles. The van der Waals surface area contributed by atoms with E-state index in [0.717, 1.165) is 78.6 Å². The first-order valence-electron chi connectivity index (χ1n) is 22.0. The minimum absolute atomic E-state index is 0.333. The van der Waals surface area contributed by atoms with Crippen LogP contribution in [-0.2, 0) is 12.8 Å². The average Bonchev–Trinajstić information content (AvgIpc) is 3.26. The number of unbranched alkanes of at least 4 members (excludes halogenated alkanes) is 4. The van der Waals surface area contributed by atoms with Crippen molar-refractivity contribution < 1.29 is 19.0 Å². The van der Waals surface area contributed by atoms with E-state index in [2.05, 4.69) is 87.9 Å². The smallest absolute Gasteiger partial charge is 0.343 e. The van der Waals surface area contributed by atoms with Crippen molar-refractivity contribution in [2.75, 3.05) is 13.2 Å². The minimum Gasteiger partial charge on any atom is -0.494 e. The molecule has 0 spiro atoms. The van der Waals surface area contributed by atoms with E-state index in [1.165, 1.54) is 62.5 Å². The second kappa shape index (κ2) is 26.1. The van der Waals surface area contributed by atoms with Crippen LogP contribution >= 0.6 is 0 Å². The van der Waals surface area contributed by atoms with Gasteiger partial charge in [-0.2, -0.15) is 0 Å². The number of carbonyl (C=O) groups is 1. The van der Waals surface area contributed by atoms with E-state index < -0.39 is 0 Å². The summed E-state index contributed by atoms with van der Waals surface area (Å²) in [6.45, 7) is 14.9. The van der Waals surface area contributed by atoms with Gasteiger partial charge in [-0.25, -0.2) is 14.8 Å². The molecule has 0 bridgehead atoms. The molecule has 4 aromatic carbocycles. The summed E-state index contributed by atoms with van der Waals surface area (Å²) in [4.78, 5) is 21.5. The van der Waals surface area contributed by atoms with Crippen molar-refractivity contribution in [2.24, 2.45) is 11.8 Å². The van der Waals surface area contributed by atoms with Gasteiger partial charge in [-0.1, -0.05) is 135 Å². The fraction of sp³-hybridized carbons (Fsp3) is 0.442. The summed E-state index contributed by atoms with van der Waals surface area (Å²) in [6.07, 6.45) is 19.3. The van der Waals surface area contributed by atoms with Gasteiger partial charge in [0.15, 0.2) is 5.82 Å². The summed E-state index contributed by atoms with van der Waals surface area (Å²) in [7, 11) is 0. The lowest BCUT2D eigenvalue weighted by atomic mass is 9.99. The monoisotopic (exact) mass is 785 g/mol. The molecule has 0 radical (unpaired) electrons. The minimum atomic E-state index is -0.333. The molecule has 0 N–H and O–H groups in total. The van der Waals surface area contributed by atoms with Gasteiger partial charge in [0.2, 0.25) is 0 Å². The van der Waals surface area contributed by atoms with E-state index in [1.807, 2.05) is 60.9 Å². The van der Waals surface area contributed by atoms with Gasteiger partial charge in [0.25, 0.3) is 0 Å². The number of hydrogen-bond donors (Lipinski definition) is 0. The Morgan fingerprint density at radius 1 is 0.517 bits per heavy atom. The van der Waals surface area contributed by atoms with Crippen LogP contribution < -0.4 is 14.2 Å². The van der Waals surface area contributed by atoms with Crippen LogP contribution in [0.1, 0.15) is 134 Å². The highest BCUT2D eigenvalue weighted by Gasteiger charge is 2.10. The van der Waals surface area contributed by atoms with Crippen molar-refractivity contribution in [3.05, 3.63) is 126 Å². The molecule has 2 atom stereocenters. The maximum Gasteiger partial charge on any atom is 0.343 e. The Labute approximate surface area is 349 Å². The zero-order valence-corrected chi connectivity index (χ0v) is 36.2. The van der Waals surface area contributed by atoms with E-state index in [4.69, 9.17) is 14.2 Å². The van der Waals surface area contributed by atoms with Crippen molar-refractivity contribution >= 4 is 5.97 Å². The molecular weight excluding hydrogens is 717 g/mol. The quantitative estimate of drug-likeness (QED) is 0.0373. The molecule has 0 aliphatic rings. The fourth-order valence-electron chi connectivity index (χ4n) is 6.30. The predicted molar refractivity (Wildman–Crippen MR) is 241 cm³/mol. The Kier molecular flexibility index (Phi) is 20.6. The van der Waals surface area contributed by atoms with Gasteiger partial charge in [0, 0.05) is 23.5 Å². The first-order chi connectivity index (χ1) is 28.3. The van der Waals surface area contributed by atoms with Gasteiger partial charge in [-0.05, 0) is 116 Å². The van der Waals surface area contributed by atoms with Gasteiger partial charge in [0.1, 0.15) is 17.2 Å². The number of ether oxygens (including phenoxy) is 3. The SMILES string of the molecule is CCCCCCc1ccc(-c2ncc(-c3ccc(OCCC(C)CC)cc3)cn2)cc1.CCCCOc1ccc(OC(=O)c2ccc(CCCC(C)CC)cc2)cc1. The molecule has 0 saturated heterocycles.